The van der Waals surface area contributed by atoms with Crippen LogP contribution in [0.5, 0.6) is 0 Å². The first-order valence-electron chi connectivity index (χ1n) is 6.23. The third kappa shape index (κ3) is 5.31. The van der Waals surface area contributed by atoms with Crippen LogP contribution in [0.2, 0.25) is 0 Å². The maximum absolute atomic E-state index is 13.1. The van der Waals surface area contributed by atoms with Gasteiger partial charge in [-0.1, -0.05) is 37.7 Å². The normalized spacial score (nSPS) is 9.94. The average molecular weight is 250 g/mol. The summed E-state index contributed by atoms with van der Waals surface area (Å²) in [5, 5.41) is 8.66. The zero-order valence-corrected chi connectivity index (χ0v) is 10.7. The van der Waals surface area contributed by atoms with E-state index in [1.54, 1.807) is 6.07 Å². The van der Waals surface area contributed by atoms with E-state index in [0.717, 1.165) is 24.8 Å². The van der Waals surface area contributed by atoms with Crippen LogP contribution >= 0.6 is 0 Å². The van der Waals surface area contributed by atoms with Crippen molar-refractivity contribution in [3.05, 3.63) is 35.1 Å². The van der Waals surface area contributed by atoms with E-state index in [4.69, 9.17) is 9.84 Å². The molecule has 0 unspecified atom stereocenters. The van der Waals surface area contributed by atoms with Gasteiger partial charge in [0.2, 0.25) is 0 Å². The zero-order chi connectivity index (χ0) is 13.2. The number of benzene rings is 1. The summed E-state index contributed by atoms with van der Waals surface area (Å²) >= 11 is 0. The minimum Gasteiger partial charge on any atom is -0.384 e. The van der Waals surface area contributed by atoms with Crippen LogP contribution in [-0.2, 0) is 11.3 Å². The number of aliphatic hydroxyl groups excluding tert-OH is 1. The summed E-state index contributed by atoms with van der Waals surface area (Å²) in [5.41, 5.74) is 1.44. The quantitative estimate of drug-likeness (QED) is 0.621. The van der Waals surface area contributed by atoms with Crippen LogP contribution in [0.4, 0.5) is 4.39 Å². The number of rotatable bonds is 6. The molecule has 0 aliphatic rings. The molecule has 98 valence electrons. The van der Waals surface area contributed by atoms with Crippen LogP contribution in [-0.4, -0.2) is 18.3 Å². The Morgan fingerprint density at radius 2 is 2.17 bits per heavy atom. The highest BCUT2D eigenvalue weighted by molar-refractivity contribution is 5.41. The smallest absolute Gasteiger partial charge is 0.124 e. The van der Waals surface area contributed by atoms with E-state index < -0.39 is 0 Å². The van der Waals surface area contributed by atoms with E-state index in [-0.39, 0.29) is 12.4 Å². The van der Waals surface area contributed by atoms with E-state index in [2.05, 4.69) is 18.8 Å². The Bertz CT molecular complexity index is 418. The summed E-state index contributed by atoms with van der Waals surface area (Å²) < 4.78 is 18.6. The first kappa shape index (κ1) is 14.7. The average Bonchev–Trinajstić information content (AvgIpc) is 2.38. The lowest BCUT2D eigenvalue weighted by Gasteiger charge is -2.06. The summed E-state index contributed by atoms with van der Waals surface area (Å²) in [5.74, 6) is 4.94. The summed E-state index contributed by atoms with van der Waals surface area (Å²) in [6, 6.07) is 4.44. The van der Waals surface area contributed by atoms with Gasteiger partial charge in [0.15, 0.2) is 0 Å². The Morgan fingerprint density at radius 1 is 1.33 bits per heavy atom. The molecule has 0 heterocycles. The van der Waals surface area contributed by atoms with Gasteiger partial charge in [0.25, 0.3) is 0 Å². The van der Waals surface area contributed by atoms with E-state index >= 15 is 0 Å². The van der Waals surface area contributed by atoms with Crippen molar-refractivity contribution in [2.75, 3.05) is 13.2 Å². The minimum absolute atomic E-state index is 0.229. The van der Waals surface area contributed by atoms with Gasteiger partial charge in [-0.25, -0.2) is 4.39 Å². The second kappa shape index (κ2) is 8.68. The van der Waals surface area contributed by atoms with Gasteiger partial charge >= 0.3 is 0 Å². The highest BCUT2D eigenvalue weighted by atomic mass is 19.1. The van der Waals surface area contributed by atoms with Crippen molar-refractivity contribution in [3.63, 3.8) is 0 Å². The lowest BCUT2D eigenvalue weighted by Crippen LogP contribution is -1.98. The lowest BCUT2D eigenvalue weighted by atomic mass is 10.1. The monoisotopic (exact) mass is 250 g/mol. The molecule has 1 N–H and O–H groups in total. The van der Waals surface area contributed by atoms with Crippen LogP contribution < -0.4 is 0 Å². The molecule has 1 aromatic carbocycles. The fourth-order valence-electron chi connectivity index (χ4n) is 1.56. The van der Waals surface area contributed by atoms with Crippen molar-refractivity contribution >= 4 is 0 Å². The van der Waals surface area contributed by atoms with Crippen LogP contribution in [0.3, 0.4) is 0 Å². The first-order valence-corrected chi connectivity index (χ1v) is 6.23. The number of hydrogen-bond acceptors (Lipinski definition) is 2. The molecule has 0 atom stereocenters. The highest BCUT2D eigenvalue weighted by Crippen LogP contribution is 2.12. The molecule has 0 bridgehead atoms. The summed E-state index contributed by atoms with van der Waals surface area (Å²) in [6.45, 7) is 3.05. The third-order valence-corrected chi connectivity index (χ3v) is 2.52. The summed E-state index contributed by atoms with van der Waals surface area (Å²) in [7, 11) is 0. The first-order chi connectivity index (χ1) is 8.77. The topological polar surface area (TPSA) is 29.5 Å². The zero-order valence-electron chi connectivity index (χ0n) is 10.7. The van der Waals surface area contributed by atoms with Crippen LogP contribution in [0, 0.1) is 17.7 Å². The van der Waals surface area contributed by atoms with Crippen molar-refractivity contribution in [2.24, 2.45) is 0 Å². The van der Waals surface area contributed by atoms with Crippen molar-refractivity contribution in [1.82, 2.24) is 0 Å². The molecule has 0 radical (unpaired) electrons. The minimum atomic E-state index is -0.327. The van der Waals surface area contributed by atoms with Crippen molar-refractivity contribution in [3.8, 4) is 11.8 Å². The Morgan fingerprint density at radius 3 is 2.89 bits per heavy atom. The van der Waals surface area contributed by atoms with E-state index in [1.165, 1.54) is 12.1 Å². The molecule has 1 rings (SSSR count). The molecular formula is C15H19FO2. The van der Waals surface area contributed by atoms with Gasteiger partial charge in [0.1, 0.15) is 12.4 Å². The molecule has 0 amide bonds. The number of ether oxygens (including phenoxy) is 1. The molecule has 2 nitrogen and oxygen atoms in total. The Hall–Kier alpha value is -1.37. The van der Waals surface area contributed by atoms with Crippen molar-refractivity contribution in [2.45, 2.75) is 32.8 Å². The Kier molecular flexibility index (Phi) is 7.09. The van der Waals surface area contributed by atoms with E-state index in [1.807, 2.05) is 0 Å². The molecule has 0 fully saturated rings. The number of unbranched alkanes of at least 4 members (excludes halogenated alkanes) is 2. The molecule has 1 aromatic rings. The van der Waals surface area contributed by atoms with Gasteiger partial charge in [-0.15, -0.1) is 0 Å². The van der Waals surface area contributed by atoms with Gasteiger partial charge in [0.05, 0.1) is 6.61 Å². The van der Waals surface area contributed by atoms with Crippen LogP contribution in [0.25, 0.3) is 0 Å². The molecule has 0 spiro atoms. The predicted molar refractivity (Wildman–Crippen MR) is 69.5 cm³/mol. The molecule has 0 saturated heterocycles. The second-order valence-corrected chi connectivity index (χ2v) is 4.02. The van der Waals surface area contributed by atoms with Crippen molar-refractivity contribution in [1.29, 1.82) is 0 Å². The van der Waals surface area contributed by atoms with Gasteiger partial charge in [0, 0.05) is 12.2 Å². The second-order valence-electron chi connectivity index (χ2n) is 4.02. The van der Waals surface area contributed by atoms with E-state index in [9.17, 15) is 4.39 Å². The van der Waals surface area contributed by atoms with Crippen molar-refractivity contribution < 1.29 is 14.2 Å². The van der Waals surface area contributed by atoms with Gasteiger partial charge in [-0.05, 0) is 24.1 Å². The van der Waals surface area contributed by atoms with Gasteiger partial charge < -0.3 is 9.84 Å². The van der Waals surface area contributed by atoms with Gasteiger partial charge in [-0.2, -0.15) is 0 Å². The maximum Gasteiger partial charge on any atom is 0.124 e. The summed E-state index contributed by atoms with van der Waals surface area (Å²) in [6.07, 6.45) is 3.35. The lowest BCUT2D eigenvalue weighted by molar-refractivity contribution is 0.117. The predicted octanol–water partition coefficient (Wildman–Crippen LogP) is 2.88. The van der Waals surface area contributed by atoms with Gasteiger partial charge in [-0.3, -0.25) is 0 Å². The summed E-state index contributed by atoms with van der Waals surface area (Å²) in [4.78, 5) is 0. The largest absolute Gasteiger partial charge is 0.384 e. The Balaban J connectivity index is 2.58. The maximum atomic E-state index is 13.1. The fraction of sp³-hybridized carbons (Fsp3) is 0.467. The highest BCUT2D eigenvalue weighted by Gasteiger charge is 2.02. The molecular weight excluding hydrogens is 231 g/mol. The molecule has 0 aliphatic heterocycles. The number of hydrogen-bond donors (Lipinski definition) is 1. The number of aliphatic hydroxyl groups is 1. The molecule has 0 saturated carbocycles. The van der Waals surface area contributed by atoms with Crippen LogP contribution in [0.15, 0.2) is 18.2 Å². The molecule has 18 heavy (non-hydrogen) atoms. The SMILES string of the molecule is CCCCCOCc1ccc(F)cc1C#CCO. The molecule has 0 aliphatic carbocycles. The standard InChI is InChI=1S/C15H19FO2/c1-2-3-4-10-18-12-14-7-8-15(16)11-13(14)6-5-9-17/h7-8,11,17H,2-4,9-10,12H2,1H3. The molecule has 0 aromatic heterocycles. The third-order valence-electron chi connectivity index (χ3n) is 2.52. The molecule has 3 heteroatoms. The fourth-order valence-corrected chi connectivity index (χ4v) is 1.56. The number of halogens is 1. The van der Waals surface area contributed by atoms with Crippen LogP contribution in [0.1, 0.15) is 37.3 Å². The Labute approximate surface area is 108 Å². The van der Waals surface area contributed by atoms with E-state index in [0.29, 0.717) is 18.8 Å².